The van der Waals surface area contributed by atoms with Crippen molar-refractivity contribution in [3.05, 3.63) is 177 Å². The zero-order valence-corrected chi connectivity index (χ0v) is 32.4. The van der Waals surface area contributed by atoms with Crippen molar-refractivity contribution in [2.24, 2.45) is 0 Å². The van der Waals surface area contributed by atoms with Gasteiger partial charge in [0.25, 0.3) is 5.91 Å². The van der Waals surface area contributed by atoms with Gasteiger partial charge >= 0.3 is 5.97 Å². The number of aliphatic carboxylic acids is 1. The predicted octanol–water partition coefficient (Wildman–Crippen LogP) is 5.71. The number of benzene rings is 5. The number of nitrogens with one attached hydrogen (secondary N) is 2. The van der Waals surface area contributed by atoms with Crippen LogP contribution < -0.4 is 10.9 Å². The Hall–Kier alpha value is -6.12. The van der Waals surface area contributed by atoms with E-state index in [2.05, 4.69) is 10.3 Å². The topological polar surface area (TPSA) is 180 Å². The van der Waals surface area contributed by atoms with E-state index in [1.54, 1.807) is 71.6 Å². The van der Waals surface area contributed by atoms with Crippen LogP contribution in [0.25, 0.3) is 10.9 Å². The van der Waals surface area contributed by atoms with E-state index < -0.39 is 27.5 Å². The fourth-order valence-electron chi connectivity index (χ4n) is 7.56. The number of carboxylic acid groups (broad SMARTS) is 1. The molecule has 5 aromatic carbocycles. The van der Waals surface area contributed by atoms with Gasteiger partial charge in [-0.05, 0) is 77.1 Å². The molecule has 2 heterocycles. The number of piperidine rings is 1. The second-order valence-corrected chi connectivity index (χ2v) is 16.5. The predicted molar refractivity (Wildman–Crippen MR) is 220 cm³/mol. The highest BCUT2D eigenvalue weighted by Gasteiger charge is 2.44. The molecule has 1 amide bonds. The second-order valence-electron chi connectivity index (χ2n) is 14.6. The number of nitrogens with zero attached hydrogens (tertiary/aromatic N) is 2. The number of H-pyrrole nitrogens is 1. The number of phenolic OH excluding ortho intramolecular Hbond substituents is 1. The Morgan fingerprint density at radius 3 is 1.98 bits per heavy atom. The molecule has 13 heteroatoms. The number of aromatic amines is 1. The summed E-state index contributed by atoms with van der Waals surface area (Å²) in [6.45, 7) is 1.35. The fraction of sp³-hybridized carbons (Fsp3) is 0.222. The van der Waals surface area contributed by atoms with Gasteiger partial charge in [-0.3, -0.25) is 14.4 Å². The molecule has 58 heavy (non-hydrogen) atoms. The quantitative estimate of drug-likeness (QED) is 0.0923. The average Bonchev–Trinajstić information content (AvgIpc) is 3.25. The van der Waals surface area contributed by atoms with Crippen LogP contribution >= 0.6 is 0 Å². The van der Waals surface area contributed by atoms with Gasteiger partial charge in [0.05, 0.1) is 21.9 Å². The van der Waals surface area contributed by atoms with E-state index in [1.165, 1.54) is 16.4 Å². The SMILES string of the molecule is O=C(c1ccc(CN(Cc2ccc(CNCC(O)c3ccc(O)c4[nH]c(=O)ccc34)cc2)S(=O)(=O)c2ccccc2)cc1)N1CCC(C(=O)O)(c2ccccc2)CC1. The van der Waals surface area contributed by atoms with E-state index in [1.807, 2.05) is 54.6 Å². The van der Waals surface area contributed by atoms with Crippen LogP contribution in [-0.2, 0) is 39.9 Å². The first-order valence-electron chi connectivity index (χ1n) is 19.0. The molecule has 0 saturated carbocycles. The molecule has 1 unspecified atom stereocenters. The number of aliphatic hydroxyl groups excluding tert-OH is 1. The highest BCUT2D eigenvalue weighted by atomic mass is 32.2. The minimum absolute atomic E-state index is 0.0502. The van der Waals surface area contributed by atoms with Crippen molar-refractivity contribution in [2.45, 2.75) is 48.9 Å². The van der Waals surface area contributed by atoms with Crippen molar-refractivity contribution in [3.8, 4) is 5.75 Å². The molecule has 7 rings (SSSR count). The number of sulfonamides is 1. The minimum atomic E-state index is -3.93. The molecule has 298 valence electrons. The summed E-state index contributed by atoms with van der Waals surface area (Å²) in [5.74, 6) is -1.18. The molecule has 1 aromatic heterocycles. The molecule has 1 aliphatic rings. The number of likely N-dealkylation sites (tertiary alicyclic amines) is 1. The summed E-state index contributed by atoms with van der Waals surface area (Å²) in [4.78, 5) is 42.1. The molecular formula is C45H44N4O8S. The number of fused-ring (bicyclic) bond motifs is 1. The van der Waals surface area contributed by atoms with E-state index in [0.717, 1.165) is 16.7 Å². The molecule has 6 aromatic rings. The lowest BCUT2D eigenvalue weighted by Gasteiger charge is -2.39. The van der Waals surface area contributed by atoms with Gasteiger partial charge in [0, 0.05) is 56.3 Å². The molecule has 12 nitrogen and oxygen atoms in total. The lowest BCUT2D eigenvalue weighted by atomic mass is 9.73. The molecule has 5 N–H and O–H groups in total. The van der Waals surface area contributed by atoms with Crippen LogP contribution in [0.3, 0.4) is 0 Å². The number of hydrogen-bond donors (Lipinski definition) is 5. The third-order valence-electron chi connectivity index (χ3n) is 10.9. The number of hydrogen-bond acceptors (Lipinski definition) is 8. The number of carboxylic acids is 1. The van der Waals surface area contributed by atoms with E-state index in [4.69, 9.17) is 0 Å². The standard InChI is InChI=1S/C45H44N4O8S/c50-39-21-19-37(38-20-22-41(52)47-42(38)39)40(51)28-46-27-31-11-13-32(14-12-31)29-49(58(56,57)36-9-5-2-6-10-36)30-33-15-17-34(18-16-33)43(53)48-25-23-45(24-26-48,44(54)55)35-7-3-1-4-8-35/h1-22,40,46,50-51H,23-30H2,(H,47,52)(H,54,55). The maximum Gasteiger partial charge on any atom is 0.314 e. The lowest BCUT2D eigenvalue weighted by molar-refractivity contribution is -0.145. The van der Waals surface area contributed by atoms with Gasteiger partial charge < -0.3 is 30.5 Å². The maximum absolute atomic E-state index is 14.0. The van der Waals surface area contributed by atoms with Crippen LogP contribution in [0.15, 0.2) is 143 Å². The number of carbonyl (C=O) groups excluding carboxylic acids is 1. The van der Waals surface area contributed by atoms with Gasteiger partial charge in [-0.25, -0.2) is 8.42 Å². The second kappa shape index (κ2) is 17.2. The number of amides is 1. The van der Waals surface area contributed by atoms with Crippen molar-refractivity contribution < 1.29 is 33.3 Å². The molecular weight excluding hydrogens is 757 g/mol. The smallest absolute Gasteiger partial charge is 0.314 e. The number of aromatic hydroxyl groups is 1. The first kappa shape index (κ1) is 40.1. The van der Waals surface area contributed by atoms with Crippen LogP contribution in [0.5, 0.6) is 5.75 Å². The normalized spacial score (nSPS) is 14.7. The highest BCUT2D eigenvalue weighted by molar-refractivity contribution is 7.89. The first-order valence-corrected chi connectivity index (χ1v) is 20.4. The highest BCUT2D eigenvalue weighted by Crippen LogP contribution is 2.36. The van der Waals surface area contributed by atoms with E-state index in [-0.39, 0.29) is 47.3 Å². The summed E-state index contributed by atoms with van der Waals surface area (Å²) in [5, 5.41) is 35.0. The largest absolute Gasteiger partial charge is 0.506 e. The molecule has 1 fully saturated rings. The zero-order valence-electron chi connectivity index (χ0n) is 31.6. The van der Waals surface area contributed by atoms with Crippen molar-refractivity contribution in [1.29, 1.82) is 0 Å². The monoisotopic (exact) mass is 800 g/mol. The minimum Gasteiger partial charge on any atom is -0.506 e. The molecule has 1 atom stereocenters. The third-order valence-corrected chi connectivity index (χ3v) is 12.7. The van der Waals surface area contributed by atoms with E-state index >= 15 is 0 Å². The van der Waals surface area contributed by atoms with E-state index in [0.29, 0.717) is 54.6 Å². The molecule has 1 aliphatic heterocycles. The fourth-order valence-corrected chi connectivity index (χ4v) is 9.00. The van der Waals surface area contributed by atoms with Crippen molar-refractivity contribution in [3.63, 3.8) is 0 Å². The van der Waals surface area contributed by atoms with Crippen LogP contribution in [0.2, 0.25) is 0 Å². The first-order chi connectivity index (χ1) is 27.9. The number of carbonyl (C=O) groups is 2. The number of pyridine rings is 1. The van der Waals surface area contributed by atoms with Crippen LogP contribution in [0.4, 0.5) is 0 Å². The molecule has 0 radical (unpaired) electrons. The summed E-state index contributed by atoms with van der Waals surface area (Å²) < 4.78 is 29.4. The van der Waals surface area contributed by atoms with Gasteiger partial charge in [0.1, 0.15) is 5.75 Å². The summed E-state index contributed by atoms with van der Waals surface area (Å²) in [5.41, 5.74) is 2.95. The van der Waals surface area contributed by atoms with Crippen molar-refractivity contribution in [1.82, 2.24) is 19.5 Å². The number of aliphatic hydroxyl groups is 1. The van der Waals surface area contributed by atoms with Crippen molar-refractivity contribution >= 4 is 32.8 Å². The Kier molecular flexibility index (Phi) is 11.9. The third kappa shape index (κ3) is 8.58. The van der Waals surface area contributed by atoms with Gasteiger partial charge in [-0.2, -0.15) is 4.31 Å². The number of phenols is 1. The maximum atomic E-state index is 14.0. The average molecular weight is 801 g/mol. The zero-order chi connectivity index (χ0) is 40.9. The van der Waals surface area contributed by atoms with Crippen molar-refractivity contribution in [2.75, 3.05) is 19.6 Å². The lowest BCUT2D eigenvalue weighted by Crippen LogP contribution is -2.49. The summed E-state index contributed by atoms with van der Waals surface area (Å²) in [6.07, 6.45) is -0.319. The number of aromatic nitrogens is 1. The molecule has 0 spiro atoms. The molecule has 0 bridgehead atoms. The van der Waals surface area contributed by atoms with Crippen LogP contribution in [0.1, 0.15) is 57.1 Å². The Bertz CT molecular complexity index is 2560. The van der Waals surface area contributed by atoms with E-state index in [9.17, 15) is 38.1 Å². The number of rotatable bonds is 14. The van der Waals surface area contributed by atoms with Gasteiger partial charge in [-0.15, -0.1) is 0 Å². The van der Waals surface area contributed by atoms with Crippen LogP contribution in [-0.4, -0.2) is 69.4 Å². The Morgan fingerprint density at radius 1 is 0.776 bits per heavy atom. The Morgan fingerprint density at radius 2 is 1.36 bits per heavy atom. The summed E-state index contributed by atoms with van der Waals surface area (Å²) in [7, 11) is -3.93. The van der Waals surface area contributed by atoms with Gasteiger partial charge in [0.2, 0.25) is 15.6 Å². The van der Waals surface area contributed by atoms with Gasteiger partial charge in [-0.1, -0.05) is 91.0 Å². The summed E-state index contributed by atoms with van der Waals surface area (Å²) >= 11 is 0. The van der Waals surface area contributed by atoms with Crippen LogP contribution in [0, 0.1) is 0 Å². The Labute approximate surface area is 336 Å². The van der Waals surface area contributed by atoms with Gasteiger partial charge in [0.15, 0.2) is 0 Å². The summed E-state index contributed by atoms with van der Waals surface area (Å²) in [6, 6.07) is 37.7. The Balaban J connectivity index is 1.00. The molecule has 1 saturated heterocycles. The molecule has 0 aliphatic carbocycles.